The van der Waals surface area contributed by atoms with Crippen LogP contribution in [0.5, 0.6) is 0 Å². The van der Waals surface area contributed by atoms with Crippen molar-refractivity contribution in [3.63, 3.8) is 0 Å². The van der Waals surface area contributed by atoms with Gasteiger partial charge in [-0.25, -0.2) is 4.39 Å². The molecule has 0 aliphatic carbocycles. The number of benzene rings is 2. The van der Waals surface area contributed by atoms with Crippen LogP contribution in [-0.2, 0) is 4.79 Å². The molecule has 2 aromatic carbocycles. The molecule has 0 bridgehead atoms. The summed E-state index contributed by atoms with van der Waals surface area (Å²) in [6.45, 7) is 5.50. The predicted octanol–water partition coefficient (Wildman–Crippen LogP) is 3.97. The van der Waals surface area contributed by atoms with Crippen LogP contribution < -0.4 is 0 Å². The van der Waals surface area contributed by atoms with Crippen LogP contribution in [0.4, 0.5) is 4.39 Å². The van der Waals surface area contributed by atoms with Gasteiger partial charge >= 0.3 is 0 Å². The van der Waals surface area contributed by atoms with Gasteiger partial charge in [0.2, 0.25) is 0 Å². The van der Waals surface area contributed by atoms with Crippen molar-refractivity contribution in [1.82, 2.24) is 4.90 Å². The maximum atomic E-state index is 13.2. The number of Topliss-reactive ketones (excluding diaryl/α,β-unsaturated/α-hetero) is 1. The molecule has 0 saturated heterocycles. The van der Waals surface area contributed by atoms with Crippen molar-refractivity contribution in [3.8, 4) is 0 Å². The van der Waals surface area contributed by atoms with Crippen molar-refractivity contribution in [2.75, 3.05) is 0 Å². The van der Waals surface area contributed by atoms with Gasteiger partial charge in [0, 0.05) is 23.2 Å². The second kappa shape index (κ2) is 5.80. The predicted molar refractivity (Wildman–Crippen MR) is 86.1 cm³/mol. The van der Waals surface area contributed by atoms with Crippen molar-refractivity contribution in [2.24, 2.45) is 0 Å². The van der Waals surface area contributed by atoms with Gasteiger partial charge in [0.1, 0.15) is 11.6 Å². The van der Waals surface area contributed by atoms with E-state index in [0.717, 1.165) is 5.56 Å². The van der Waals surface area contributed by atoms with Crippen molar-refractivity contribution < 1.29 is 14.0 Å². The van der Waals surface area contributed by atoms with E-state index in [0.29, 0.717) is 16.8 Å². The van der Waals surface area contributed by atoms with E-state index in [4.69, 9.17) is 0 Å². The van der Waals surface area contributed by atoms with E-state index < -0.39 is 6.04 Å². The second-order valence-corrected chi connectivity index (χ2v) is 5.64. The number of amides is 1. The Kier molecular flexibility index (Phi) is 3.82. The highest BCUT2D eigenvalue weighted by molar-refractivity contribution is 6.09. The highest BCUT2D eigenvalue weighted by Crippen LogP contribution is 2.39. The maximum Gasteiger partial charge on any atom is 0.259 e. The monoisotopic (exact) mass is 309 g/mol. The molecule has 1 aliphatic heterocycles. The minimum Gasteiger partial charge on any atom is -0.300 e. The number of carbonyl (C=O) groups is 2. The minimum atomic E-state index is -0.486. The van der Waals surface area contributed by atoms with Gasteiger partial charge in [-0.3, -0.25) is 9.59 Å². The van der Waals surface area contributed by atoms with Gasteiger partial charge < -0.3 is 4.90 Å². The van der Waals surface area contributed by atoms with Gasteiger partial charge in [0.15, 0.2) is 0 Å². The number of nitrogens with zero attached hydrogens (tertiary/aromatic N) is 1. The number of ketones is 1. The van der Waals surface area contributed by atoms with Crippen LogP contribution in [0.3, 0.4) is 0 Å². The standard InChI is InChI=1S/C19H16FNO2/c1-12(22)11-18(14-7-9-15(20)10-8-14)21-13(2)16-5-3-4-6-17(16)19(21)23/h3-10,18H,2,11H2,1H3. The molecule has 0 fully saturated rings. The molecule has 1 unspecified atom stereocenters. The first kappa shape index (κ1) is 15.2. The second-order valence-electron chi connectivity index (χ2n) is 5.64. The molecule has 0 radical (unpaired) electrons. The molecule has 0 spiro atoms. The Morgan fingerprint density at radius 1 is 1.13 bits per heavy atom. The number of halogens is 1. The third-order valence-electron chi connectivity index (χ3n) is 4.03. The molecular weight excluding hydrogens is 293 g/mol. The van der Waals surface area contributed by atoms with E-state index in [-0.39, 0.29) is 23.9 Å². The lowest BCUT2D eigenvalue weighted by Crippen LogP contribution is -2.29. The molecular formula is C19H16FNO2. The summed E-state index contributed by atoms with van der Waals surface area (Å²) < 4.78 is 13.2. The van der Waals surface area contributed by atoms with E-state index >= 15 is 0 Å². The number of fused-ring (bicyclic) bond motifs is 1. The van der Waals surface area contributed by atoms with Crippen LogP contribution in [0.1, 0.15) is 40.9 Å². The summed E-state index contributed by atoms with van der Waals surface area (Å²) >= 11 is 0. The zero-order valence-electron chi connectivity index (χ0n) is 12.8. The third kappa shape index (κ3) is 2.68. The average molecular weight is 309 g/mol. The van der Waals surface area contributed by atoms with Crippen molar-refractivity contribution in [2.45, 2.75) is 19.4 Å². The van der Waals surface area contributed by atoms with Crippen LogP contribution in [0.25, 0.3) is 5.70 Å². The highest BCUT2D eigenvalue weighted by atomic mass is 19.1. The Balaban J connectivity index is 2.04. The molecule has 3 nitrogen and oxygen atoms in total. The highest BCUT2D eigenvalue weighted by Gasteiger charge is 2.36. The maximum absolute atomic E-state index is 13.2. The number of carbonyl (C=O) groups excluding carboxylic acids is 2. The summed E-state index contributed by atoms with van der Waals surface area (Å²) in [5.74, 6) is -0.581. The SMILES string of the molecule is C=C1c2ccccc2C(=O)N1C(CC(C)=O)c1ccc(F)cc1. The third-order valence-corrected chi connectivity index (χ3v) is 4.03. The molecule has 1 heterocycles. The van der Waals surface area contributed by atoms with E-state index in [1.807, 2.05) is 12.1 Å². The largest absolute Gasteiger partial charge is 0.300 e. The van der Waals surface area contributed by atoms with Gasteiger partial charge in [-0.2, -0.15) is 0 Å². The van der Waals surface area contributed by atoms with E-state index in [9.17, 15) is 14.0 Å². The van der Waals surface area contributed by atoms with Crippen LogP contribution in [0.2, 0.25) is 0 Å². The Hall–Kier alpha value is -2.75. The molecule has 4 heteroatoms. The van der Waals surface area contributed by atoms with Crippen LogP contribution >= 0.6 is 0 Å². The smallest absolute Gasteiger partial charge is 0.259 e. The molecule has 2 aromatic rings. The van der Waals surface area contributed by atoms with E-state index in [1.54, 1.807) is 29.2 Å². The Morgan fingerprint density at radius 2 is 1.74 bits per heavy atom. The molecule has 23 heavy (non-hydrogen) atoms. The van der Waals surface area contributed by atoms with Crippen molar-refractivity contribution in [1.29, 1.82) is 0 Å². The average Bonchev–Trinajstić information content (AvgIpc) is 2.78. The zero-order valence-corrected chi connectivity index (χ0v) is 12.8. The zero-order chi connectivity index (χ0) is 16.6. The lowest BCUT2D eigenvalue weighted by molar-refractivity contribution is -0.117. The first-order valence-corrected chi connectivity index (χ1v) is 7.36. The fourth-order valence-electron chi connectivity index (χ4n) is 2.95. The first-order valence-electron chi connectivity index (χ1n) is 7.36. The van der Waals surface area contributed by atoms with Crippen molar-refractivity contribution >= 4 is 17.4 Å². The molecule has 0 aromatic heterocycles. The number of hydrogen-bond acceptors (Lipinski definition) is 2. The summed E-state index contributed by atoms with van der Waals surface area (Å²) in [4.78, 5) is 26.0. The summed E-state index contributed by atoms with van der Waals surface area (Å²) in [5, 5.41) is 0. The lowest BCUT2D eigenvalue weighted by Gasteiger charge is -2.28. The summed E-state index contributed by atoms with van der Waals surface area (Å²) in [6.07, 6.45) is 0.157. The minimum absolute atomic E-state index is 0.0455. The van der Waals surface area contributed by atoms with Crippen molar-refractivity contribution in [3.05, 3.63) is 77.6 Å². The molecule has 1 amide bonds. The quantitative estimate of drug-likeness (QED) is 0.857. The molecule has 1 aliphatic rings. The fourth-order valence-corrected chi connectivity index (χ4v) is 2.95. The van der Waals surface area contributed by atoms with Crippen LogP contribution in [0.15, 0.2) is 55.1 Å². The van der Waals surface area contributed by atoms with Crippen LogP contribution in [-0.4, -0.2) is 16.6 Å². The Morgan fingerprint density at radius 3 is 2.30 bits per heavy atom. The number of hydrogen-bond donors (Lipinski definition) is 0. The number of rotatable bonds is 4. The molecule has 116 valence electrons. The van der Waals surface area contributed by atoms with Gasteiger partial charge in [0.05, 0.1) is 6.04 Å². The Bertz CT molecular complexity index is 760. The van der Waals surface area contributed by atoms with E-state index in [1.165, 1.54) is 19.1 Å². The first-order chi connectivity index (χ1) is 11.0. The van der Waals surface area contributed by atoms with Gasteiger partial charge in [-0.15, -0.1) is 0 Å². The normalized spacial score (nSPS) is 14.8. The summed E-state index contributed by atoms with van der Waals surface area (Å²) in [7, 11) is 0. The van der Waals surface area contributed by atoms with Crippen LogP contribution in [0, 0.1) is 5.82 Å². The molecule has 0 saturated carbocycles. The lowest BCUT2D eigenvalue weighted by atomic mass is 9.99. The molecule has 3 rings (SSSR count). The Labute approximate surface area is 134 Å². The molecule has 0 N–H and O–H groups in total. The van der Waals surface area contributed by atoms with E-state index in [2.05, 4.69) is 6.58 Å². The fraction of sp³-hybridized carbons (Fsp3) is 0.158. The summed E-state index contributed by atoms with van der Waals surface area (Å²) in [6, 6.07) is 12.6. The molecule has 1 atom stereocenters. The topological polar surface area (TPSA) is 37.4 Å². The van der Waals surface area contributed by atoms with Gasteiger partial charge in [-0.05, 0) is 30.7 Å². The van der Waals surface area contributed by atoms with Gasteiger partial charge in [0.25, 0.3) is 5.91 Å². The van der Waals surface area contributed by atoms with Gasteiger partial charge in [-0.1, -0.05) is 36.9 Å². The summed E-state index contributed by atoms with van der Waals surface area (Å²) in [5.41, 5.74) is 2.63.